The molecule has 2 aromatic carbocycles. The van der Waals surface area contributed by atoms with Crippen molar-refractivity contribution in [1.29, 1.82) is 0 Å². The summed E-state index contributed by atoms with van der Waals surface area (Å²) in [5.41, 5.74) is 4.43. The smallest absolute Gasteiger partial charge is 0.324 e. The fourth-order valence-corrected chi connectivity index (χ4v) is 2.60. The van der Waals surface area contributed by atoms with Crippen molar-refractivity contribution < 1.29 is 29.8 Å². The predicted octanol–water partition coefficient (Wildman–Crippen LogP) is 2.24. The highest BCUT2D eigenvalue weighted by Crippen LogP contribution is 2.38. The van der Waals surface area contributed by atoms with E-state index in [1.165, 1.54) is 0 Å². The van der Waals surface area contributed by atoms with Gasteiger partial charge in [0.05, 0.1) is 26.9 Å². The monoisotopic (exact) mass is 433 g/mol. The fourth-order valence-electron chi connectivity index (χ4n) is 2.60. The van der Waals surface area contributed by atoms with Crippen molar-refractivity contribution in [2.24, 2.45) is 5.73 Å². The third-order valence-corrected chi connectivity index (χ3v) is 4.09. The summed E-state index contributed by atoms with van der Waals surface area (Å²) in [7, 11) is 0. The van der Waals surface area contributed by atoms with Gasteiger partial charge in [0.25, 0.3) is 11.4 Å². The number of fused-ring (bicyclic) bond motifs is 1. The quantitative estimate of drug-likeness (QED) is 0.327. The summed E-state index contributed by atoms with van der Waals surface area (Å²) in [5, 5.41) is 50.0. The van der Waals surface area contributed by atoms with Crippen LogP contribution in [-0.2, 0) is 11.2 Å². The standard InChI is InChI=1S/C11H12N2O2.C6H3N3O7/c12-9(11(14)15)5-7-6-13-10-4-2-1-3-8(7)10;10-6-4(8(13)14)1-3(7(11)12)2-5(6)9(15)16/h1-4,6,9,13H,5,12H2,(H,14,15);1-2,10H/t9-;/m0./s1. The molecule has 3 aromatic rings. The number of rotatable bonds is 6. The molecule has 0 spiro atoms. The Morgan fingerprint density at radius 3 is 2.06 bits per heavy atom. The molecule has 0 aliphatic carbocycles. The van der Waals surface area contributed by atoms with E-state index in [0.29, 0.717) is 18.6 Å². The molecule has 162 valence electrons. The number of aromatic amines is 1. The van der Waals surface area contributed by atoms with Crippen LogP contribution < -0.4 is 5.73 Å². The number of H-pyrrole nitrogens is 1. The average Bonchev–Trinajstić information content (AvgIpc) is 3.10. The summed E-state index contributed by atoms with van der Waals surface area (Å²) in [5.74, 6) is -2.18. The SMILES string of the molecule is N[C@@H](Cc1c[nH]c2ccccc12)C(=O)O.O=[N+]([O-])c1cc([N+](=O)[O-])c(O)c([N+](=O)[O-])c1. The van der Waals surface area contributed by atoms with Crippen molar-refractivity contribution in [3.63, 3.8) is 0 Å². The van der Waals surface area contributed by atoms with E-state index in [9.17, 15) is 35.1 Å². The highest BCUT2D eigenvalue weighted by molar-refractivity contribution is 5.84. The van der Waals surface area contributed by atoms with Gasteiger partial charge in [-0.15, -0.1) is 0 Å². The molecule has 0 saturated carbocycles. The first-order valence-corrected chi connectivity index (χ1v) is 8.36. The first kappa shape index (κ1) is 22.7. The number of carbonyl (C=O) groups is 1. The summed E-state index contributed by atoms with van der Waals surface area (Å²) in [6, 6.07) is 7.81. The zero-order valence-corrected chi connectivity index (χ0v) is 15.5. The first-order chi connectivity index (χ1) is 14.5. The lowest BCUT2D eigenvalue weighted by molar-refractivity contribution is -0.404. The topological polar surface area (TPSA) is 229 Å². The minimum Gasteiger partial charge on any atom is -0.497 e. The van der Waals surface area contributed by atoms with E-state index in [2.05, 4.69) is 4.98 Å². The van der Waals surface area contributed by atoms with Gasteiger partial charge < -0.3 is 20.9 Å². The molecule has 0 saturated heterocycles. The predicted molar refractivity (Wildman–Crippen MR) is 106 cm³/mol. The number of phenolic OH excluding ortho intramolecular Hbond substituents is 1. The van der Waals surface area contributed by atoms with Gasteiger partial charge in [0, 0.05) is 23.5 Å². The van der Waals surface area contributed by atoms with E-state index in [1.54, 1.807) is 0 Å². The number of hydrogen-bond acceptors (Lipinski definition) is 9. The maximum atomic E-state index is 10.6. The molecular weight excluding hydrogens is 418 g/mol. The van der Waals surface area contributed by atoms with Crippen LogP contribution in [0, 0.1) is 30.3 Å². The Morgan fingerprint density at radius 1 is 1.03 bits per heavy atom. The number of nitrogens with one attached hydrogen (secondary N) is 1. The normalized spacial score (nSPS) is 11.3. The minimum absolute atomic E-state index is 0.347. The summed E-state index contributed by atoms with van der Waals surface area (Å²) >= 11 is 0. The van der Waals surface area contributed by atoms with Crippen molar-refractivity contribution >= 4 is 33.9 Å². The zero-order chi connectivity index (χ0) is 23.3. The third kappa shape index (κ3) is 5.27. The van der Waals surface area contributed by atoms with Crippen molar-refractivity contribution in [1.82, 2.24) is 4.98 Å². The minimum atomic E-state index is -1.21. The molecule has 0 aliphatic heterocycles. The molecule has 14 heteroatoms. The van der Waals surface area contributed by atoms with E-state index in [-0.39, 0.29) is 0 Å². The van der Waals surface area contributed by atoms with Crippen LogP contribution in [0.5, 0.6) is 5.75 Å². The molecular formula is C17H15N5O9. The van der Waals surface area contributed by atoms with Gasteiger partial charge in [-0.05, 0) is 11.6 Å². The number of aliphatic carboxylic acids is 1. The van der Waals surface area contributed by atoms with Crippen LogP contribution in [0.3, 0.4) is 0 Å². The fraction of sp³-hybridized carbons (Fsp3) is 0.118. The van der Waals surface area contributed by atoms with Crippen LogP contribution in [0.2, 0.25) is 0 Å². The van der Waals surface area contributed by atoms with E-state index in [1.807, 2.05) is 30.5 Å². The van der Waals surface area contributed by atoms with Gasteiger partial charge in [-0.2, -0.15) is 0 Å². The van der Waals surface area contributed by atoms with Crippen LogP contribution in [0.15, 0.2) is 42.6 Å². The van der Waals surface area contributed by atoms with Gasteiger partial charge in [-0.1, -0.05) is 18.2 Å². The summed E-state index contributed by atoms with van der Waals surface area (Å²) in [6.45, 7) is 0. The molecule has 3 rings (SSSR count). The molecule has 1 atom stereocenters. The number of aromatic hydroxyl groups is 1. The van der Waals surface area contributed by atoms with E-state index in [0.717, 1.165) is 16.5 Å². The molecule has 1 aromatic heterocycles. The maximum absolute atomic E-state index is 10.6. The number of nitrogens with two attached hydrogens (primary N) is 1. The van der Waals surface area contributed by atoms with Crippen molar-refractivity contribution in [3.05, 3.63) is 78.5 Å². The van der Waals surface area contributed by atoms with Gasteiger partial charge in [-0.3, -0.25) is 35.1 Å². The molecule has 31 heavy (non-hydrogen) atoms. The van der Waals surface area contributed by atoms with Crippen molar-refractivity contribution in [2.45, 2.75) is 12.5 Å². The lowest BCUT2D eigenvalue weighted by Gasteiger charge is -2.04. The number of benzene rings is 2. The Balaban J connectivity index is 0.000000220. The van der Waals surface area contributed by atoms with Gasteiger partial charge >= 0.3 is 17.3 Å². The molecule has 0 fully saturated rings. The number of nitrogens with zero attached hydrogens (tertiary/aromatic N) is 3. The molecule has 14 nitrogen and oxygen atoms in total. The second kappa shape index (κ2) is 9.27. The second-order valence-corrected chi connectivity index (χ2v) is 6.11. The summed E-state index contributed by atoms with van der Waals surface area (Å²) < 4.78 is 0. The van der Waals surface area contributed by atoms with Crippen LogP contribution >= 0.6 is 0 Å². The van der Waals surface area contributed by atoms with E-state index in [4.69, 9.17) is 15.9 Å². The molecule has 0 aliphatic rings. The number of nitro groups is 3. The van der Waals surface area contributed by atoms with Crippen LogP contribution in [0.1, 0.15) is 5.56 Å². The Hall–Kier alpha value is -4.59. The van der Waals surface area contributed by atoms with Crippen LogP contribution in [0.25, 0.3) is 10.9 Å². The Morgan fingerprint density at radius 2 is 1.58 bits per heavy atom. The number of phenols is 1. The summed E-state index contributed by atoms with van der Waals surface area (Å²) in [4.78, 5) is 41.5. The van der Waals surface area contributed by atoms with Gasteiger partial charge in [0.1, 0.15) is 6.04 Å². The second-order valence-electron chi connectivity index (χ2n) is 6.11. The molecule has 0 amide bonds. The number of carboxylic acids is 1. The lowest BCUT2D eigenvalue weighted by Crippen LogP contribution is -2.32. The number of carboxylic acid groups (broad SMARTS) is 1. The lowest BCUT2D eigenvalue weighted by atomic mass is 10.1. The molecule has 0 radical (unpaired) electrons. The maximum Gasteiger partial charge on any atom is 0.324 e. The number of aromatic nitrogens is 1. The number of para-hydroxylation sites is 1. The largest absolute Gasteiger partial charge is 0.497 e. The van der Waals surface area contributed by atoms with Gasteiger partial charge in [-0.25, -0.2) is 0 Å². The van der Waals surface area contributed by atoms with Crippen molar-refractivity contribution in [2.75, 3.05) is 0 Å². The van der Waals surface area contributed by atoms with Crippen LogP contribution in [0.4, 0.5) is 17.1 Å². The molecule has 5 N–H and O–H groups in total. The Kier molecular flexibility index (Phi) is 6.79. The highest BCUT2D eigenvalue weighted by Gasteiger charge is 2.30. The van der Waals surface area contributed by atoms with Gasteiger partial charge in [0.2, 0.25) is 0 Å². The Bertz CT molecular complexity index is 1140. The number of nitro benzene ring substituents is 3. The Labute approximate surface area is 172 Å². The number of non-ortho nitro benzene ring substituents is 1. The van der Waals surface area contributed by atoms with E-state index >= 15 is 0 Å². The summed E-state index contributed by atoms with van der Waals surface area (Å²) in [6.07, 6.45) is 2.16. The molecule has 0 bridgehead atoms. The van der Waals surface area contributed by atoms with E-state index < -0.39 is 49.6 Å². The average molecular weight is 433 g/mol. The van der Waals surface area contributed by atoms with Crippen molar-refractivity contribution in [3.8, 4) is 5.75 Å². The van der Waals surface area contributed by atoms with Crippen LogP contribution in [-0.4, -0.2) is 42.0 Å². The first-order valence-electron chi connectivity index (χ1n) is 8.36. The third-order valence-electron chi connectivity index (χ3n) is 4.09. The molecule has 1 heterocycles. The van der Waals surface area contributed by atoms with Gasteiger partial charge in [0.15, 0.2) is 0 Å². The molecule has 0 unspecified atom stereocenters. The zero-order valence-electron chi connectivity index (χ0n) is 15.5. The number of hydrogen-bond donors (Lipinski definition) is 4. The highest BCUT2D eigenvalue weighted by atomic mass is 16.6.